The second-order valence-electron chi connectivity index (χ2n) is 5.82. The maximum atomic E-state index is 12.2. The lowest BCUT2D eigenvalue weighted by Gasteiger charge is -2.27. The van der Waals surface area contributed by atoms with Crippen molar-refractivity contribution >= 4 is 29.1 Å². The summed E-state index contributed by atoms with van der Waals surface area (Å²) in [5.74, 6) is 2.29. The van der Waals surface area contributed by atoms with Crippen LogP contribution in [0.3, 0.4) is 0 Å². The monoisotopic (exact) mass is 350 g/mol. The molecule has 0 aliphatic rings. The van der Waals surface area contributed by atoms with Gasteiger partial charge in [0.15, 0.2) is 13.1 Å². The number of quaternary nitrogens is 1. The third-order valence-electron chi connectivity index (χ3n) is 3.93. The van der Waals surface area contributed by atoms with Crippen molar-refractivity contribution in [1.29, 1.82) is 0 Å². The van der Waals surface area contributed by atoms with Crippen molar-refractivity contribution in [2.45, 2.75) is 32.2 Å². The Balaban J connectivity index is 2.52. The van der Waals surface area contributed by atoms with Gasteiger partial charge in [0.2, 0.25) is 0 Å². The number of likely N-dealkylation sites (N-methyl/N-ethyl adjacent to an activating group) is 1. The smallest absolute Gasteiger partial charge is 0.279 e. The SMILES string of the molecule is C#CC(CC)(CC)NC(=O)C[NH+](C)CC(=O)Nc1ccccc1Cl. The van der Waals surface area contributed by atoms with E-state index in [2.05, 4.69) is 16.6 Å². The Bertz CT molecular complexity index is 621. The number of para-hydroxylation sites is 1. The standard InChI is InChI=1S/C18H24ClN3O2/c1-5-18(6-2,7-3)21-17(24)13-22(4)12-16(23)20-15-11-9-8-10-14(15)19/h1,8-11H,6-7,12-13H2,2-4H3,(H,20,23)(H,21,24)/p+1. The number of carbonyl (C=O) groups is 2. The van der Waals surface area contributed by atoms with Crippen molar-refractivity contribution in [1.82, 2.24) is 5.32 Å². The van der Waals surface area contributed by atoms with E-state index in [1.807, 2.05) is 13.8 Å². The molecule has 1 rings (SSSR count). The van der Waals surface area contributed by atoms with Gasteiger partial charge in [0.25, 0.3) is 11.8 Å². The van der Waals surface area contributed by atoms with E-state index in [0.717, 1.165) is 4.90 Å². The first-order valence-electron chi connectivity index (χ1n) is 8.00. The van der Waals surface area contributed by atoms with E-state index in [-0.39, 0.29) is 24.9 Å². The highest BCUT2D eigenvalue weighted by molar-refractivity contribution is 6.33. The molecular formula is C18H25ClN3O2+. The first kappa shape index (κ1) is 20.0. The van der Waals surface area contributed by atoms with Gasteiger partial charge in [-0.05, 0) is 25.0 Å². The van der Waals surface area contributed by atoms with E-state index in [1.54, 1.807) is 31.3 Å². The van der Waals surface area contributed by atoms with Crippen LogP contribution < -0.4 is 15.5 Å². The largest absolute Gasteiger partial charge is 0.335 e. The normalized spacial score (nSPS) is 12.1. The van der Waals surface area contributed by atoms with Gasteiger partial charge in [-0.15, -0.1) is 6.42 Å². The molecule has 1 unspecified atom stereocenters. The summed E-state index contributed by atoms with van der Waals surface area (Å²) in [6.45, 7) is 4.20. The highest BCUT2D eigenvalue weighted by Gasteiger charge is 2.26. The maximum Gasteiger partial charge on any atom is 0.279 e. The molecular weight excluding hydrogens is 326 g/mol. The van der Waals surface area contributed by atoms with Gasteiger partial charge >= 0.3 is 0 Å². The predicted molar refractivity (Wildman–Crippen MR) is 97.0 cm³/mol. The number of terminal acetylenes is 1. The van der Waals surface area contributed by atoms with Gasteiger partial charge in [-0.3, -0.25) is 9.59 Å². The molecule has 1 atom stereocenters. The van der Waals surface area contributed by atoms with E-state index in [0.29, 0.717) is 23.6 Å². The van der Waals surface area contributed by atoms with Gasteiger partial charge < -0.3 is 15.5 Å². The van der Waals surface area contributed by atoms with Crippen molar-refractivity contribution < 1.29 is 14.5 Å². The first-order valence-corrected chi connectivity index (χ1v) is 8.38. The van der Waals surface area contributed by atoms with Crippen molar-refractivity contribution in [2.75, 3.05) is 25.5 Å². The summed E-state index contributed by atoms with van der Waals surface area (Å²) in [5.41, 5.74) is -0.0540. The van der Waals surface area contributed by atoms with Gasteiger partial charge in [-0.2, -0.15) is 0 Å². The number of nitrogens with one attached hydrogen (secondary N) is 3. The van der Waals surface area contributed by atoms with Gasteiger partial charge in [0.1, 0.15) is 5.54 Å². The predicted octanol–water partition coefficient (Wildman–Crippen LogP) is 1.10. The minimum Gasteiger partial charge on any atom is -0.335 e. The zero-order valence-corrected chi connectivity index (χ0v) is 15.2. The fourth-order valence-electron chi connectivity index (χ4n) is 2.35. The topological polar surface area (TPSA) is 62.6 Å². The highest BCUT2D eigenvalue weighted by Crippen LogP contribution is 2.19. The van der Waals surface area contributed by atoms with Crippen LogP contribution in [0.1, 0.15) is 26.7 Å². The quantitative estimate of drug-likeness (QED) is 0.615. The average molecular weight is 351 g/mol. The fourth-order valence-corrected chi connectivity index (χ4v) is 2.53. The Hall–Kier alpha value is -2.03. The summed E-state index contributed by atoms with van der Waals surface area (Å²) in [6.07, 6.45) is 6.87. The van der Waals surface area contributed by atoms with E-state index in [4.69, 9.17) is 18.0 Å². The number of amides is 2. The lowest BCUT2D eigenvalue weighted by molar-refractivity contribution is -0.862. The van der Waals surface area contributed by atoms with Gasteiger partial charge in [0, 0.05) is 0 Å². The molecule has 0 aromatic heterocycles. The molecule has 130 valence electrons. The van der Waals surface area contributed by atoms with E-state index in [9.17, 15) is 9.59 Å². The fraction of sp³-hybridized carbons (Fsp3) is 0.444. The molecule has 0 saturated heterocycles. The summed E-state index contributed by atoms with van der Waals surface area (Å²) >= 11 is 6.01. The third-order valence-corrected chi connectivity index (χ3v) is 4.26. The summed E-state index contributed by atoms with van der Waals surface area (Å²) in [6, 6.07) is 7.02. The number of hydrogen-bond acceptors (Lipinski definition) is 2. The number of hydrogen-bond donors (Lipinski definition) is 3. The first-order chi connectivity index (χ1) is 11.4. The molecule has 2 amide bonds. The highest BCUT2D eigenvalue weighted by atomic mass is 35.5. The van der Waals surface area contributed by atoms with Gasteiger partial charge in [0.05, 0.1) is 17.8 Å². The zero-order chi connectivity index (χ0) is 18.2. The molecule has 0 saturated carbocycles. The molecule has 0 heterocycles. The van der Waals surface area contributed by atoms with E-state index < -0.39 is 5.54 Å². The summed E-state index contributed by atoms with van der Waals surface area (Å²) in [5, 5.41) is 6.11. The van der Waals surface area contributed by atoms with Gasteiger partial charge in [-0.25, -0.2) is 0 Å². The molecule has 0 bridgehead atoms. The molecule has 24 heavy (non-hydrogen) atoms. The number of anilines is 1. The Morgan fingerprint density at radius 1 is 1.21 bits per heavy atom. The Kier molecular flexibility index (Phi) is 7.76. The molecule has 5 nitrogen and oxygen atoms in total. The number of benzene rings is 1. The van der Waals surface area contributed by atoms with Crippen molar-refractivity contribution in [3.63, 3.8) is 0 Å². The van der Waals surface area contributed by atoms with Gasteiger partial charge in [-0.1, -0.05) is 43.5 Å². The van der Waals surface area contributed by atoms with Crippen LogP contribution in [-0.4, -0.2) is 37.5 Å². The molecule has 0 radical (unpaired) electrons. The minimum absolute atomic E-state index is 0.153. The number of carbonyl (C=O) groups excluding carboxylic acids is 2. The van der Waals surface area contributed by atoms with Crippen molar-refractivity contribution in [3.8, 4) is 12.3 Å². The van der Waals surface area contributed by atoms with Crippen LogP contribution in [0, 0.1) is 12.3 Å². The molecule has 0 fully saturated rings. The molecule has 1 aromatic rings. The summed E-state index contributed by atoms with van der Waals surface area (Å²) < 4.78 is 0. The van der Waals surface area contributed by atoms with E-state index >= 15 is 0 Å². The molecule has 1 aromatic carbocycles. The van der Waals surface area contributed by atoms with Crippen molar-refractivity contribution in [2.24, 2.45) is 0 Å². The van der Waals surface area contributed by atoms with Crippen LogP contribution in [0.2, 0.25) is 5.02 Å². The maximum absolute atomic E-state index is 12.2. The van der Waals surface area contributed by atoms with Crippen LogP contribution >= 0.6 is 11.6 Å². The second kappa shape index (κ2) is 9.31. The average Bonchev–Trinajstić information content (AvgIpc) is 2.54. The summed E-state index contributed by atoms with van der Waals surface area (Å²) in [4.78, 5) is 25.0. The lowest BCUT2D eigenvalue weighted by Crippen LogP contribution is -3.11. The Morgan fingerprint density at radius 3 is 2.33 bits per heavy atom. The number of halogens is 1. The lowest BCUT2D eigenvalue weighted by atomic mass is 9.94. The van der Waals surface area contributed by atoms with Crippen molar-refractivity contribution in [3.05, 3.63) is 29.3 Å². The summed E-state index contributed by atoms with van der Waals surface area (Å²) in [7, 11) is 1.78. The Morgan fingerprint density at radius 2 is 1.79 bits per heavy atom. The van der Waals surface area contributed by atoms with Crippen LogP contribution in [0.4, 0.5) is 5.69 Å². The molecule has 6 heteroatoms. The van der Waals surface area contributed by atoms with E-state index in [1.165, 1.54) is 0 Å². The van der Waals surface area contributed by atoms with Crippen LogP contribution in [0.5, 0.6) is 0 Å². The van der Waals surface area contributed by atoms with Crippen LogP contribution in [-0.2, 0) is 9.59 Å². The number of rotatable bonds is 8. The van der Waals surface area contributed by atoms with Crippen LogP contribution in [0.15, 0.2) is 24.3 Å². The molecule has 0 aliphatic carbocycles. The second-order valence-corrected chi connectivity index (χ2v) is 6.23. The molecule has 0 aliphatic heterocycles. The minimum atomic E-state index is -0.614. The Labute approximate surface area is 148 Å². The molecule has 3 N–H and O–H groups in total. The third kappa shape index (κ3) is 5.88. The zero-order valence-electron chi connectivity index (χ0n) is 14.4. The van der Waals surface area contributed by atoms with Crippen LogP contribution in [0.25, 0.3) is 0 Å². The molecule has 0 spiro atoms.